The summed E-state index contributed by atoms with van der Waals surface area (Å²) >= 11 is 13.9. The number of hydrogen-bond acceptors (Lipinski definition) is 5. The number of halogens is 6. The van der Waals surface area contributed by atoms with E-state index in [1.165, 1.54) is 11.1 Å². The van der Waals surface area contributed by atoms with Crippen LogP contribution in [0.2, 0.25) is 0 Å². The van der Waals surface area contributed by atoms with Gasteiger partial charge in [-0.05, 0) is 209 Å². The number of rotatable bonds is 9. The number of phenolic OH excluding ortho intramolecular Hbond substituents is 1. The van der Waals surface area contributed by atoms with E-state index in [-0.39, 0.29) is 6.61 Å². The highest BCUT2D eigenvalue weighted by Crippen LogP contribution is 2.46. The van der Waals surface area contributed by atoms with Gasteiger partial charge in [0.15, 0.2) is 0 Å². The average Bonchev–Trinajstić information content (AvgIpc) is 3.70. The quantitative estimate of drug-likeness (QED) is 0.127. The van der Waals surface area contributed by atoms with E-state index in [2.05, 4.69) is 179 Å². The maximum atomic E-state index is 10.5. The smallest absolute Gasteiger partial charge is 0.145 e. The van der Waals surface area contributed by atoms with Crippen molar-refractivity contribution in [2.24, 2.45) is 0 Å². The molecular weight excluding hydrogens is 1180 g/mol. The van der Waals surface area contributed by atoms with Gasteiger partial charge in [0.2, 0.25) is 0 Å². The number of aliphatic hydroxyl groups is 1. The molecule has 0 radical (unpaired) electrons. The van der Waals surface area contributed by atoms with Crippen LogP contribution in [-0.4, -0.2) is 42.7 Å². The van der Waals surface area contributed by atoms with Gasteiger partial charge < -0.3 is 24.4 Å². The predicted octanol–water partition coefficient (Wildman–Crippen LogP) is 8.94. The Labute approximate surface area is 312 Å². The monoisotopic (exact) mass is 1210 g/mol. The topological polar surface area (TPSA) is 71.5 Å². The minimum Gasteiger partial charge on any atom is -0.506 e. The molecule has 2 atom stereocenters. The first-order valence-electron chi connectivity index (χ1n) is 12.1. The number of aromatic hydroxyl groups is 1. The molecular formula is C28H28I6O5. The molecule has 1 saturated heterocycles. The normalized spacial score (nSPS) is 15.7. The van der Waals surface area contributed by atoms with Crippen LogP contribution in [0, 0.1) is 21.4 Å². The Morgan fingerprint density at radius 1 is 0.769 bits per heavy atom. The van der Waals surface area contributed by atoms with E-state index in [0.29, 0.717) is 25.1 Å². The largest absolute Gasteiger partial charge is 0.506 e. The highest BCUT2D eigenvalue weighted by atomic mass is 127. The van der Waals surface area contributed by atoms with Crippen molar-refractivity contribution in [3.63, 3.8) is 0 Å². The molecule has 1 heterocycles. The first-order chi connectivity index (χ1) is 18.5. The molecule has 0 saturated carbocycles. The van der Waals surface area contributed by atoms with E-state index in [9.17, 15) is 5.11 Å². The van der Waals surface area contributed by atoms with Crippen LogP contribution in [0.3, 0.4) is 0 Å². The van der Waals surface area contributed by atoms with Crippen molar-refractivity contribution in [1.29, 1.82) is 0 Å². The number of hydrogen-bond donors (Lipinski definition) is 2. The molecule has 1 aliphatic rings. The van der Waals surface area contributed by atoms with Crippen molar-refractivity contribution >= 4 is 136 Å². The molecule has 5 nitrogen and oxygen atoms in total. The van der Waals surface area contributed by atoms with Gasteiger partial charge in [0.25, 0.3) is 0 Å². The second-order valence-corrected chi connectivity index (χ2v) is 15.8. The van der Waals surface area contributed by atoms with Gasteiger partial charge in [-0.2, -0.15) is 0 Å². The number of epoxide rings is 1. The lowest BCUT2D eigenvalue weighted by atomic mass is 9.71. The molecule has 2 N–H and O–H groups in total. The Hall–Kier alpha value is 1.36. The first-order valence-corrected chi connectivity index (χ1v) is 18.6. The average molecular weight is 1210 g/mol. The summed E-state index contributed by atoms with van der Waals surface area (Å²) in [7, 11) is 0. The molecule has 0 bridgehead atoms. The summed E-state index contributed by atoms with van der Waals surface area (Å²) in [5, 5.41) is 18.1. The number of aliphatic hydroxyl groups excluding tert-OH is 1. The third-order valence-corrected chi connectivity index (χ3v) is 11.0. The molecule has 3 aromatic carbocycles. The van der Waals surface area contributed by atoms with Crippen LogP contribution in [0.4, 0.5) is 0 Å². The van der Waals surface area contributed by atoms with Gasteiger partial charge in [0.1, 0.15) is 17.2 Å². The van der Waals surface area contributed by atoms with Gasteiger partial charge >= 0.3 is 0 Å². The van der Waals surface area contributed by atoms with Crippen LogP contribution in [0.15, 0.2) is 36.4 Å². The summed E-state index contributed by atoms with van der Waals surface area (Å²) < 4.78 is 23.4. The summed E-state index contributed by atoms with van der Waals surface area (Å²) in [5.41, 5.74) is 2.99. The predicted molar refractivity (Wildman–Crippen MR) is 207 cm³/mol. The number of phenols is 1. The molecule has 0 amide bonds. The summed E-state index contributed by atoms with van der Waals surface area (Å²) in [6.07, 6.45) is 1.27. The van der Waals surface area contributed by atoms with Crippen LogP contribution < -0.4 is 9.47 Å². The highest BCUT2D eigenvalue weighted by Gasteiger charge is 2.35. The van der Waals surface area contributed by atoms with E-state index in [0.717, 1.165) is 51.5 Å². The van der Waals surface area contributed by atoms with Crippen molar-refractivity contribution in [2.45, 2.75) is 38.7 Å². The minimum absolute atomic E-state index is 0.250. The van der Waals surface area contributed by atoms with Crippen molar-refractivity contribution in [3.05, 3.63) is 74.5 Å². The molecule has 0 spiro atoms. The van der Waals surface area contributed by atoms with Gasteiger partial charge in [0, 0.05) is 18.4 Å². The molecule has 2 unspecified atom stereocenters. The highest BCUT2D eigenvalue weighted by molar-refractivity contribution is 14.1. The summed E-state index contributed by atoms with van der Waals surface area (Å²) in [6, 6.07) is 13.1. The Morgan fingerprint density at radius 2 is 1.13 bits per heavy atom. The zero-order valence-electron chi connectivity index (χ0n) is 21.5. The third-order valence-electron chi connectivity index (χ3n) is 6.12. The van der Waals surface area contributed by atoms with Crippen molar-refractivity contribution < 1.29 is 24.4 Å². The number of ether oxygens (including phenoxy) is 3. The maximum Gasteiger partial charge on any atom is 0.145 e. The minimum atomic E-state index is -0.474. The van der Waals surface area contributed by atoms with Crippen molar-refractivity contribution in [1.82, 2.24) is 0 Å². The molecule has 0 aromatic heterocycles. The standard InChI is InChI=1S/C26H22I6O4.C2H6O/c1-3-34-24-19(29)8-14(9-20(24)30)26(2,13-6-17(27)23(33)18(28)7-13)15-10-21(31)25(22(32)11-15)35-5-4-16-12-36-16;1-2-3/h6-11,16,33H,3-5,12H2,1-2H3;3H,2H2,1H3. The lowest BCUT2D eigenvalue weighted by molar-refractivity contribution is 0.280. The molecule has 4 rings (SSSR count). The van der Waals surface area contributed by atoms with Crippen LogP contribution in [0.25, 0.3) is 0 Å². The molecule has 11 heteroatoms. The van der Waals surface area contributed by atoms with E-state index in [1.54, 1.807) is 6.92 Å². The molecule has 39 heavy (non-hydrogen) atoms. The Kier molecular flexibility index (Phi) is 14.2. The van der Waals surface area contributed by atoms with Crippen LogP contribution >= 0.6 is 136 Å². The number of benzene rings is 3. The van der Waals surface area contributed by atoms with Crippen LogP contribution in [0.5, 0.6) is 17.2 Å². The molecule has 1 aliphatic heterocycles. The maximum absolute atomic E-state index is 10.5. The Morgan fingerprint density at radius 3 is 1.49 bits per heavy atom. The van der Waals surface area contributed by atoms with Gasteiger partial charge in [-0.15, -0.1) is 0 Å². The Balaban J connectivity index is 0.00000134. The fourth-order valence-electron chi connectivity index (χ4n) is 4.00. The van der Waals surface area contributed by atoms with Gasteiger partial charge in [-0.25, -0.2) is 0 Å². The van der Waals surface area contributed by atoms with Gasteiger partial charge in [0.05, 0.1) is 47.3 Å². The fraction of sp³-hybridized carbons (Fsp3) is 0.357. The molecule has 212 valence electrons. The lowest BCUT2D eigenvalue weighted by Gasteiger charge is -2.34. The molecule has 1 fully saturated rings. The second kappa shape index (κ2) is 15.9. The van der Waals surface area contributed by atoms with Crippen molar-refractivity contribution in [2.75, 3.05) is 26.4 Å². The molecule has 3 aromatic rings. The summed E-state index contributed by atoms with van der Waals surface area (Å²) in [6.45, 7) is 8.33. The zero-order valence-corrected chi connectivity index (χ0v) is 34.4. The van der Waals surface area contributed by atoms with Crippen molar-refractivity contribution in [3.8, 4) is 17.2 Å². The lowest BCUT2D eigenvalue weighted by Crippen LogP contribution is -2.27. The Bertz CT molecular complexity index is 1240. The summed E-state index contributed by atoms with van der Waals surface area (Å²) in [5.74, 6) is 2.17. The van der Waals surface area contributed by atoms with Crippen LogP contribution in [0.1, 0.15) is 43.9 Å². The first kappa shape index (κ1) is 34.8. The SMILES string of the molecule is CCO.CCOc1c(I)cc(C(C)(c2cc(I)c(O)c(I)c2)c2cc(I)c(OCCC3CO3)c(I)c2)cc1I. The van der Waals surface area contributed by atoms with E-state index < -0.39 is 5.41 Å². The van der Waals surface area contributed by atoms with Crippen LogP contribution in [-0.2, 0) is 10.2 Å². The third kappa shape index (κ3) is 8.72. The van der Waals surface area contributed by atoms with E-state index >= 15 is 0 Å². The van der Waals surface area contributed by atoms with E-state index in [4.69, 9.17) is 19.3 Å². The van der Waals surface area contributed by atoms with Gasteiger partial charge in [-0.1, -0.05) is 0 Å². The zero-order chi connectivity index (χ0) is 28.9. The fourth-order valence-corrected chi connectivity index (χ4v) is 9.93. The molecule has 0 aliphatic carbocycles. The van der Waals surface area contributed by atoms with E-state index in [1.807, 2.05) is 6.92 Å². The second-order valence-electron chi connectivity index (χ2n) is 8.79. The summed E-state index contributed by atoms with van der Waals surface area (Å²) in [4.78, 5) is 0. The van der Waals surface area contributed by atoms with Gasteiger partial charge in [-0.3, -0.25) is 0 Å².